The number of rotatable bonds is 4. The summed E-state index contributed by atoms with van der Waals surface area (Å²) in [4.78, 5) is 13.3. The van der Waals surface area contributed by atoms with E-state index >= 15 is 0 Å². The second-order valence-electron chi connectivity index (χ2n) is 7.56. The van der Waals surface area contributed by atoms with Gasteiger partial charge in [-0.3, -0.25) is 4.79 Å². The Morgan fingerprint density at radius 3 is 2.55 bits per heavy atom. The molecular formula is C25H19N3O3. The van der Waals surface area contributed by atoms with E-state index in [1.54, 1.807) is 29.3 Å². The standard InChI is InChI=1S/C25H19N3O3/c26-14-16-5-11-19(12-6-16)24(30)25-28-22(20-3-1-2-4-23(20)31-25)13-21(27-28)18-9-7-17(15-29)8-10-18/h1-12,22,25,29H,13,15H2. The molecule has 6 heteroatoms. The zero-order chi connectivity index (χ0) is 21.4. The van der Waals surface area contributed by atoms with Gasteiger partial charge in [0.1, 0.15) is 5.75 Å². The number of hydrogen-bond donors (Lipinski definition) is 1. The van der Waals surface area contributed by atoms with E-state index in [4.69, 9.17) is 15.1 Å². The normalized spacial score (nSPS) is 19.0. The van der Waals surface area contributed by atoms with Crippen molar-refractivity contribution in [3.05, 3.63) is 101 Å². The number of para-hydroxylation sites is 1. The molecule has 6 nitrogen and oxygen atoms in total. The molecule has 3 aromatic rings. The van der Waals surface area contributed by atoms with Crippen molar-refractivity contribution in [3.8, 4) is 11.8 Å². The fourth-order valence-electron chi connectivity index (χ4n) is 4.04. The van der Waals surface area contributed by atoms with Crippen LogP contribution in [0.3, 0.4) is 0 Å². The van der Waals surface area contributed by atoms with Gasteiger partial charge in [-0.1, -0.05) is 42.5 Å². The molecule has 0 bridgehead atoms. The number of carbonyl (C=O) groups excluding carboxylic acids is 1. The molecule has 2 unspecified atom stereocenters. The summed E-state index contributed by atoms with van der Waals surface area (Å²) in [6.45, 7) is -0.0100. The van der Waals surface area contributed by atoms with Crippen molar-refractivity contribution in [1.82, 2.24) is 5.01 Å². The second-order valence-corrected chi connectivity index (χ2v) is 7.56. The summed E-state index contributed by atoms with van der Waals surface area (Å²) in [7, 11) is 0. The molecule has 31 heavy (non-hydrogen) atoms. The number of aliphatic hydroxyl groups excluding tert-OH is 1. The minimum atomic E-state index is -0.887. The van der Waals surface area contributed by atoms with Crippen molar-refractivity contribution in [2.45, 2.75) is 25.3 Å². The SMILES string of the molecule is N#Cc1ccc(C(=O)C2Oc3ccccc3C3CC(c4ccc(CO)cc4)=NN23)cc1. The molecule has 2 aliphatic heterocycles. The van der Waals surface area contributed by atoms with E-state index in [2.05, 4.69) is 6.07 Å². The largest absolute Gasteiger partial charge is 0.461 e. The molecule has 1 N–H and O–H groups in total. The van der Waals surface area contributed by atoms with Gasteiger partial charge in [0, 0.05) is 17.5 Å². The summed E-state index contributed by atoms with van der Waals surface area (Å²) in [5.41, 5.74) is 4.62. The highest BCUT2D eigenvalue weighted by atomic mass is 16.5. The zero-order valence-corrected chi connectivity index (χ0v) is 16.6. The predicted molar refractivity (Wildman–Crippen MR) is 114 cm³/mol. The lowest BCUT2D eigenvalue weighted by atomic mass is 9.95. The molecule has 0 aromatic heterocycles. The summed E-state index contributed by atoms with van der Waals surface area (Å²) in [6.07, 6.45) is -0.238. The Morgan fingerprint density at radius 2 is 1.84 bits per heavy atom. The Bertz CT molecular complexity index is 1210. The number of hydrazone groups is 1. The maximum absolute atomic E-state index is 13.3. The van der Waals surface area contributed by atoms with Crippen molar-refractivity contribution in [2.75, 3.05) is 0 Å². The quantitative estimate of drug-likeness (QED) is 0.663. The van der Waals surface area contributed by atoms with Gasteiger partial charge >= 0.3 is 0 Å². The van der Waals surface area contributed by atoms with Crippen LogP contribution in [0.1, 0.15) is 45.1 Å². The summed E-state index contributed by atoms with van der Waals surface area (Å²) in [6, 6.07) is 23.9. The Morgan fingerprint density at radius 1 is 1.10 bits per heavy atom. The molecule has 0 aliphatic carbocycles. The van der Waals surface area contributed by atoms with Gasteiger partial charge < -0.3 is 9.84 Å². The van der Waals surface area contributed by atoms with Gasteiger partial charge in [0.05, 0.1) is 30.0 Å². The zero-order valence-electron chi connectivity index (χ0n) is 16.6. The van der Waals surface area contributed by atoms with Crippen LogP contribution in [-0.2, 0) is 6.61 Å². The molecule has 2 aliphatic rings. The molecule has 3 aromatic carbocycles. The molecule has 2 heterocycles. The number of fused-ring (bicyclic) bond motifs is 3. The highest BCUT2D eigenvalue weighted by Gasteiger charge is 2.43. The lowest BCUT2D eigenvalue weighted by molar-refractivity contribution is -0.00455. The van der Waals surface area contributed by atoms with Gasteiger partial charge in [-0.25, -0.2) is 5.01 Å². The van der Waals surface area contributed by atoms with Crippen LogP contribution in [0, 0.1) is 11.3 Å². The number of carbonyl (C=O) groups is 1. The van der Waals surface area contributed by atoms with Gasteiger partial charge in [0.15, 0.2) is 0 Å². The first-order chi connectivity index (χ1) is 15.2. The number of hydrogen-bond acceptors (Lipinski definition) is 6. The van der Waals surface area contributed by atoms with Crippen LogP contribution >= 0.6 is 0 Å². The topological polar surface area (TPSA) is 85.9 Å². The highest BCUT2D eigenvalue weighted by Crippen LogP contribution is 2.43. The Kier molecular flexibility index (Phi) is 4.73. The number of ether oxygens (including phenoxy) is 1. The summed E-state index contributed by atoms with van der Waals surface area (Å²) in [5, 5.41) is 24.9. The second kappa shape index (κ2) is 7.71. The van der Waals surface area contributed by atoms with Gasteiger partial charge in [-0.05, 0) is 41.5 Å². The maximum Gasteiger partial charge on any atom is 0.251 e. The Labute approximate surface area is 179 Å². The average Bonchev–Trinajstić information content (AvgIpc) is 3.29. The number of Topliss-reactive ketones (excluding diaryl/α,β-unsaturated/α-hetero) is 1. The van der Waals surface area contributed by atoms with Gasteiger partial charge in [-0.2, -0.15) is 10.4 Å². The van der Waals surface area contributed by atoms with Crippen molar-refractivity contribution >= 4 is 11.5 Å². The number of nitriles is 1. The number of ketones is 1. The average molecular weight is 409 g/mol. The summed E-state index contributed by atoms with van der Waals surface area (Å²) < 4.78 is 6.11. The Balaban J connectivity index is 1.52. The molecule has 0 amide bonds. The number of benzene rings is 3. The lowest BCUT2D eigenvalue weighted by Gasteiger charge is -2.37. The molecule has 0 saturated heterocycles. The third-order valence-corrected chi connectivity index (χ3v) is 5.69. The minimum absolute atomic E-state index is 0.0100. The summed E-state index contributed by atoms with van der Waals surface area (Å²) in [5.74, 6) is 0.479. The van der Waals surface area contributed by atoms with Crippen LogP contribution in [-0.4, -0.2) is 27.8 Å². The van der Waals surface area contributed by atoms with E-state index < -0.39 is 6.23 Å². The van der Waals surface area contributed by atoms with Crippen LogP contribution in [0.4, 0.5) is 0 Å². The van der Waals surface area contributed by atoms with E-state index in [-0.39, 0.29) is 18.4 Å². The summed E-state index contributed by atoms with van der Waals surface area (Å²) >= 11 is 0. The predicted octanol–water partition coefficient (Wildman–Crippen LogP) is 3.80. The monoisotopic (exact) mass is 409 g/mol. The highest BCUT2D eigenvalue weighted by molar-refractivity contribution is 6.03. The number of aliphatic hydroxyl groups is 1. The molecular weight excluding hydrogens is 390 g/mol. The van der Waals surface area contributed by atoms with Crippen molar-refractivity contribution in [2.24, 2.45) is 5.10 Å². The molecule has 0 spiro atoms. The van der Waals surface area contributed by atoms with Crippen LogP contribution < -0.4 is 4.74 Å². The molecule has 0 fully saturated rings. The third-order valence-electron chi connectivity index (χ3n) is 5.69. The van der Waals surface area contributed by atoms with E-state index in [9.17, 15) is 9.90 Å². The van der Waals surface area contributed by atoms with Crippen LogP contribution in [0.15, 0.2) is 77.9 Å². The number of nitrogens with zero attached hydrogens (tertiary/aromatic N) is 3. The third kappa shape index (κ3) is 3.35. The van der Waals surface area contributed by atoms with E-state index in [0.29, 0.717) is 23.3 Å². The molecule has 5 rings (SSSR count). The van der Waals surface area contributed by atoms with Crippen LogP contribution in [0.2, 0.25) is 0 Å². The minimum Gasteiger partial charge on any atom is -0.461 e. The maximum atomic E-state index is 13.3. The van der Waals surface area contributed by atoms with Gasteiger partial charge in [-0.15, -0.1) is 0 Å². The van der Waals surface area contributed by atoms with Gasteiger partial charge in [0.25, 0.3) is 6.23 Å². The van der Waals surface area contributed by atoms with E-state index in [1.165, 1.54) is 0 Å². The first-order valence-electron chi connectivity index (χ1n) is 10.0. The van der Waals surface area contributed by atoms with E-state index in [0.717, 1.165) is 22.4 Å². The fourth-order valence-corrected chi connectivity index (χ4v) is 4.04. The van der Waals surface area contributed by atoms with E-state index in [1.807, 2.05) is 48.5 Å². The van der Waals surface area contributed by atoms with Crippen LogP contribution in [0.5, 0.6) is 5.75 Å². The fraction of sp³-hybridized carbons (Fsp3) is 0.160. The molecule has 152 valence electrons. The van der Waals surface area contributed by atoms with Crippen LogP contribution in [0.25, 0.3) is 0 Å². The van der Waals surface area contributed by atoms with Crippen molar-refractivity contribution in [3.63, 3.8) is 0 Å². The first-order valence-corrected chi connectivity index (χ1v) is 10.0. The molecule has 0 radical (unpaired) electrons. The lowest BCUT2D eigenvalue weighted by Crippen LogP contribution is -2.45. The van der Waals surface area contributed by atoms with Crippen molar-refractivity contribution < 1.29 is 14.6 Å². The first kappa shape index (κ1) is 19.0. The Hall–Kier alpha value is -3.95. The van der Waals surface area contributed by atoms with Gasteiger partial charge in [0.2, 0.25) is 5.78 Å². The molecule has 0 saturated carbocycles. The van der Waals surface area contributed by atoms with Crippen molar-refractivity contribution in [1.29, 1.82) is 5.26 Å². The smallest absolute Gasteiger partial charge is 0.251 e. The molecule has 2 atom stereocenters.